The molecule has 0 amide bonds. The van der Waals surface area contributed by atoms with E-state index in [4.69, 9.17) is 4.74 Å². The van der Waals surface area contributed by atoms with Crippen molar-refractivity contribution in [1.82, 2.24) is 4.90 Å². The lowest BCUT2D eigenvalue weighted by Crippen LogP contribution is -2.43. The third kappa shape index (κ3) is 3.92. The predicted molar refractivity (Wildman–Crippen MR) is 76.0 cm³/mol. The van der Waals surface area contributed by atoms with Gasteiger partial charge in [-0.2, -0.15) is 0 Å². The minimum absolute atomic E-state index is 0.270. The molecular weight excluding hydrogens is 318 g/mol. The van der Waals surface area contributed by atoms with Crippen LogP contribution in [0.5, 0.6) is 0 Å². The van der Waals surface area contributed by atoms with E-state index in [-0.39, 0.29) is 5.41 Å². The van der Waals surface area contributed by atoms with E-state index in [1.807, 2.05) is 0 Å². The van der Waals surface area contributed by atoms with E-state index >= 15 is 0 Å². The first-order valence-corrected chi connectivity index (χ1v) is 9.56. The van der Waals surface area contributed by atoms with Crippen LogP contribution in [0.3, 0.4) is 0 Å². The van der Waals surface area contributed by atoms with Crippen molar-refractivity contribution < 1.29 is 13.2 Å². The first-order valence-electron chi connectivity index (χ1n) is 6.62. The highest BCUT2D eigenvalue weighted by atomic mass is 79.9. The molecule has 0 N–H and O–H groups in total. The first-order chi connectivity index (χ1) is 8.55. The molecule has 0 unspecified atom stereocenters. The van der Waals surface area contributed by atoms with Crippen molar-refractivity contribution in [2.75, 3.05) is 49.7 Å². The van der Waals surface area contributed by atoms with Crippen LogP contribution in [0.2, 0.25) is 0 Å². The zero-order valence-electron chi connectivity index (χ0n) is 10.7. The van der Waals surface area contributed by atoms with E-state index in [1.54, 1.807) is 0 Å². The molecule has 6 heteroatoms. The van der Waals surface area contributed by atoms with E-state index in [1.165, 1.54) is 0 Å². The third-order valence-corrected chi connectivity index (χ3v) is 6.95. The second kappa shape index (κ2) is 6.20. The Labute approximate surface area is 118 Å². The largest absolute Gasteiger partial charge is 0.381 e. The Morgan fingerprint density at radius 3 is 2.56 bits per heavy atom. The third-order valence-electron chi connectivity index (χ3n) is 4.04. The monoisotopic (exact) mass is 339 g/mol. The molecule has 2 aliphatic rings. The fourth-order valence-corrected chi connectivity index (χ4v) is 4.81. The van der Waals surface area contributed by atoms with Gasteiger partial charge in [-0.15, -0.1) is 0 Å². The van der Waals surface area contributed by atoms with Gasteiger partial charge in [0.1, 0.15) is 0 Å². The van der Waals surface area contributed by atoms with Crippen molar-refractivity contribution in [2.24, 2.45) is 5.41 Å². The number of ether oxygens (including phenoxy) is 1. The Kier molecular flexibility index (Phi) is 5.08. The quantitative estimate of drug-likeness (QED) is 0.727. The summed E-state index contributed by atoms with van der Waals surface area (Å²) in [7, 11) is -2.80. The predicted octanol–water partition coefficient (Wildman–Crippen LogP) is 1.30. The van der Waals surface area contributed by atoms with Gasteiger partial charge in [0.25, 0.3) is 0 Å². The summed E-state index contributed by atoms with van der Waals surface area (Å²) in [6, 6.07) is 0. The second-order valence-electron chi connectivity index (χ2n) is 5.53. The molecule has 2 fully saturated rings. The maximum Gasteiger partial charge on any atom is 0.151 e. The lowest BCUT2D eigenvalue weighted by atomic mass is 9.82. The van der Waals surface area contributed by atoms with Crippen molar-refractivity contribution in [1.29, 1.82) is 0 Å². The van der Waals surface area contributed by atoms with Gasteiger partial charge in [0, 0.05) is 31.6 Å². The number of alkyl halides is 1. The molecule has 18 heavy (non-hydrogen) atoms. The first kappa shape index (κ1) is 14.8. The standard InChI is InChI=1S/C12H22BrNO3S/c13-10-12(2-6-17-7-3-12)11-14-4-1-8-18(15,16)9-5-14/h1-11H2. The smallest absolute Gasteiger partial charge is 0.151 e. The van der Waals surface area contributed by atoms with Gasteiger partial charge in [0.15, 0.2) is 9.84 Å². The van der Waals surface area contributed by atoms with Crippen LogP contribution in [-0.2, 0) is 14.6 Å². The molecule has 0 aromatic carbocycles. The molecular formula is C12H22BrNO3S. The summed E-state index contributed by atoms with van der Waals surface area (Å²) in [5, 5.41) is 0.979. The average Bonchev–Trinajstić information content (AvgIpc) is 2.52. The zero-order chi connectivity index (χ0) is 13.1. The molecule has 0 aliphatic carbocycles. The van der Waals surface area contributed by atoms with Crippen LogP contribution in [0.25, 0.3) is 0 Å². The maximum atomic E-state index is 11.6. The lowest BCUT2D eigenvalue weighted by Gasteiger charge is -2.39. The highest BCUT2D eigenvalue weighted by Crippen LogP contribution is 2.33. The fraction of sp³-hybridized carbons (Fsp3) is 1.00. The van der Waals surface area contributed by atoms with Gasteiger partial charge in [-0.1, -0.05) is 15.9 Å². The van der Waals surface area contributed by atoms with Gasteiger partial charge in [0.05, 0.1) is 11.5 Å². The van der Waals surface area contributed by atoms with E-state index < -0.39 is 9.84 Å². The summed E-state index contributed by atoms with van der Waals surface area (Å²) < 4.78 is 28.6. The topological polar surface area (TPSA) is 46.6 Å². The van der Waals surface area contributed by atoms with Crippen molar-refractivity contribution >= 4 is 25.8 Å². The van der Waals surface area contributed by atoms with Crippen molar-refractivity contribution in [2.45, 2.75) is 19.3 Å². The van der Waals surface area contributed by atoms with Crippen LogP contribution in [0.1, 0.15) is 19.3 Å². The minimum atomic E-state index is -2.80. The molecule has 106 valence electrons. The number of sulfone groups is 1. The Balaban J connectivity index is 1.95. The van der Waals surface area contributed by atoms with Crippen LogP contribution in [-0.4, -0.2) is 63.0 Å². The molecule has 2 heterocycles. The van der Waals surface area contributed by atoms with Gasteiger partial charge in [-0.3, -0.25) is 0 Å². The van der Waals surface area contributed by atoms with Crippen molar-refractivity contribution in [3.05, 3.63) is 0 Å². The van der Waals surface area contributed by atoms with Gasteiger partial charge in [-0.25, -0.2) is 8.42 Å². The summed E-state index contributed by atoms with van der Waals surface area (Å²) in [5.74, 6) is 0.676. The maximum absolute atomic E-state index is 11.6. The Bertz CT molecular complexity index is 366. The van der Waals surface area contributed by atoms with E-state index in [0.717, 1.165) is 50.9 Å². The van der Waals surface area contributed by atoms with Crippen LogP contribution >= 0.6 is 15.9 Å². The van der Waals surface area contributed by atoms with Crippen molar-refractivity contribution in [3.8, 4) is 0 Å². The fourth-order valence-electron chi connectivity index (χ4n) is 2.76. The normalized spacial score (nSPS) is 28.7. The molecule has 0 radical (unpaired) electrons. The summed E-state index contributed by atoms with van der Waals surface area (Å²) in [6.07, 6.45) is 2.92. The van der Waals surface area contributed by atoms with Gasteiger partial charge in [0.2, 0.25) is 0 Å². The Hall–Kier alpha value is 0.350. The second-order valence-corrected chi connectivity index (χ2v) is 8.39. The molecule has 2 aliphatic heterocycles. The lowest BCUT2D eigenvalue weighted by molar-refractivity contribution is 0.00930. The molecule has 0 bridgehead atoms. The molecule has 2 rings (SSSR count). The number of halogens is 1. The van der Waals surface area contributed by atoms with Crippen LogP contribution in [0, 0.1) is 5.41 Å². The average molecular weight is 340 g/mol. The van der Waals surface area contributed by atoms with Crippen LogP contribution in [0.4, 0.5) is 0 Å². The summed E-state index contributed by atoms with van der Waals surface area (Å²) in [6.45, 7) is 4.26. The molecule has 0 aromatic rings. The summed E-state index contributed by atoms with van der Waals surface area (Å²) >= 11 is 3.64. The van der Waals surface area contributed by atoms with Gasteiger partial charge < -0.3 is 9.64 Å². The molecule has 0 aromatic heterocycles. The van der Waals surface area contributed by atoms with E-state index in [2.05, 4.69) is 20.8 Å². The molecule has 0 saturated carbocycles. The molecule has 2 saturated heterocycles. The van der Waals surface area contributed by atoms with Crippen LogP contribution in [0.15, 0.2) is 0 Å². The Morgan fingerprint density at radius 1 is 1.17 bits per heavy atom. The van der Waals surface area contributed by atoms with E-state index in [9.17, 15) is 8.42 Å². The highest BCUT2D eigenvalue weighted by Gasteiger charge is 2.34. The number of hydrogen-bond donors (Lipinski definition) is 0. The van der Waals surface area contributed by atoms with Gasteiger partial charge >= 0.3 is 0 Å². The molecule has 0 spiro atoms. The van der Waals surface area contributed by atoms with Crippen molar-refractivity contribution in [3.63, 3.8) is 0 Å². The highest BCUT2D eigenvalue weighted by molar-refractivity contribution is 9.09. The minimum Gasteiger partial charge on any atom is -0.381 e. The number of nitrogens with zero attached hydrogens (tertiary/aromatic N) is 1. The molecule has 4 nitrogen and oxygen atoms in total. The van der Waals surface area contributed by atoms with Gasteiger partial charge in [-0.05, 0) is 31.2 Å². The molecule has 0 atom stereocenters. The number of rotatable bonds is 3. The Morgan fingerprint density at radius 2 is 1.89 bits per heavy atom. The van der Waals surface area contributed by atoms with Crippen LogP contribution < -0.4 is 0 Å². The summed E-state index contributed by atoms with van der Waals surface area (Å²) in [5.41, 5.74) is 0.270. The zero-order valence-corrected chi connectivity index (χ0v) is 13.1. The number of hydrogen-bond acceptors (Lipinski definition) is 4. The SMILES string of the molecule is O=S1(=O)CCCN(CC2(CBr)CCOCC2)CC1. The van der Waals surface area contributed by atoms with E-state index in [0.29, 0.717) is 18.1 Å². The summed E-state index contributed by atoms with van der Waals surface area (Å²) in [4.78, 5) is 2.33.